The minimum absolute atomic E-state index is 0.0503. The Morgan fingerprint density at radius 1 is 0.941 bits per heavy atom. The zero-order valence-corrected chi connectivity index (χ0v) is 17.9. The third-order valence-corrected chi connectivity index (χ3v) is 5.48. The fourth-order valence-corrected chi connectivity index (χ4v) is 3.75. The molecule has 4 nitrogen and oxygen atoms in total. The minimum atomic E-state index is -4.99. The van der Waals surface area contributed by atoms with E-state index in [-0.39, 0.29) is 24.1 Å². The summed E-state index contributed by atoms with van der Waals surface area (Å²) in [7, 11) is 0. The summed E-state index contributed by atoms with van der Waals surface area (Å²) < 4.78 is 84.9. The molecule has 2 heterocycles. The topological polar surface area (TPSA) is 42.4 Å². The lowest BCUT2D eigenvalue weighted by Crippen LogP contribution is -2.32. The highest BCUT2D eigenvalue weighted by Crippen LogP contribution is 2.37. The lowest BCUT2D eigenvalue weighted by Gasteiger charge is -2.22. The molecule has 0 saturated carbocycles. The number of carbonyl (C=O) groups is 1. The quantitative estimate of drug-likeness (QED) is 0.393. The molecule has 2 aromatic carbocycles. The van der Waals surface area contributed by atoms with E-state index in [0.717, 1.165) is 10.5 Å². The standard InChI is InChI=1S/C23H15ClF6N2O2/c24-17-3-1-14(2-4-17)18-5-6-31-21-19(18)11-32(20(33)12-34-21)10-13-7-15(22(25,26)27)9-16(8-13)23(28,29)30/h1-9H,10-12H2. The van der Waals surface area contributed by atoms with Crippen molar-refractivity contribution in [3.63, 3.8) is 0 Å². The molecule has 0 unspecified atom stereocenters. The zero-order chi connectivity index (χ0) is 24.7. The number of halogens is 7. The molecule has 0 spiro atoms. The maximum atomic E-state index is 13.2. The summed E-state index contributed by atoms with van der Waals surface area (Å²) in [6, 6.07) is 9.73. The smallest absolute Gasteiger partial charge is 0.416 e. The third-order valence-electron chi connectivity index (χ3n) is 5.23. The van der Waals surface area contributed by atoms with Crippen molar-refractivity contribution < 1.29 is 35.9 Å². The van der Waals surface area contributed by atoms with E-state index < -0.39 is 42.5 Å². The predicted molar refractivity (Wildman–Crippen MR) is 111 cm³/mol. The Labute approximate surface area is 194 Å². The van der Waals surface area contributed by atoms with Gasteiger partial charge in [0.15, 0.2) is 6.61 Å². The minimum Gasteiger partial charge on any atom is -0.467 e. The van der Waals surface area contributed by atoms with Gasteiger partial charge < -0.3 is 9.64 Å². The molecular weight excluding hydrogens is 486 g/mol. The SMILES string of the molecule is O=C1COc2nccc(-c3ccc(Cl)cc3)c2CN1Cc1cc(C(F)(F)F)cc(C(F)(F)F)c1. The van der Waals surface area contributed by atoms with Crippen LogP contribution in [0.2, 0.25) is 5.02 Å². The number of rotatable bonds is 3. The number of ether oxygens (including phenoxy) is 1. The summed E-state index contributed by atoms with van der Waals surface area (Å²) in [4.78, 5) is 17.9. The van der Waals surface area contributed by atoms with Gasteiger partial charge in [-0.3, -0.25) is 4.79 Å². The van der Waals surface area contributed by atoms with Crippen LogP contribution in [0, 0.1) is 0 Å². The van der Waals surface area contributed by atoms with Crippen LogP contribution in [0.1, 0.15) is 22.3 Å². The molecule has 178 valence electrons. The van der Waals surface area contributed by atoms with Crippen molar-refractivity contribution in [2.45, 2.75) is 25.4 Å². The van der Waals surface area contributed by atoms with E-state index in [1.165, 1.54) is 6.20 Å². The molecule has 1 aromatic heterocycles. The predicted octanol–water partition coefficient (Wildman–Crippen LogP) is 6.36. The Morgan fingerprint density at radius 2 is 1.56 bits per heavy atom. The first kappa shape index (κ1) is 23.9. The number of hydrogen-bond acceptors (Lipinski definition) is 3. The van der Waals surface area contributed by atoms with Crippen LogP contribution in [0.4, 0.5) is 26.3 Å². The van der Waals surface area contributed by atoms with E-state index >= 15 is 0 Å². The van der Waals surface area contributed by atoms with Gasteiger partial charge in [-0.15, -0.1) is 0 Å². The maximum Gasteiger partial charge on any atom is 0.416 e. The van der Waals surface area contributed by atoms with Crippen LogP contribution in [0.5, 0.6) is 5.88 Å². The highest BCUT2D eigenvalue weighted by atomic mass is 35.5. The molecule has 1 aliphatic heterocycles. The van der Waals surface area contributed by atoms with E-state index in [9.17, 15) is 31.1 Å². The Hall–Kier alpha value is -3.27. The van der Waals surface area contributed by atoms with Gasteiger partial charge in [0.25, 0.3) is 5.91 Å². The summed E-state index contributed by atoms with van der Waals surface area (Å²) in [5.74, 6) is -0.450. The number of carbonyl (C=O) groups excluding carboxylic acids is 1. The molecule has 11 heteroatoms. The molecule has 0 radical (unpaired) electrons. The van der Waals surface area contributed by atoms with E-state index in [4.69, 9.17) is 16.3 Å². The molecule has 0 saturated heterocycles. The maximum absolute atomic E-state index is 13.2. The first-order valence-corrected chi connectivity index (χ1v) is 10.2. The van der Waals surface area contributed by atoms with Gasteiger partial charge in [-0.25, -0.2) is 4.98 Å². The second-order valence-electron chi connectivity index (χ2n) is 7.60. The fourth-order valence-electron chi connectivity index (χ4n) is 3.63. The Kier molecular flexibility index (Phi) is 6.20. The van der Waals surface area contributed by atoms with Crippen LogP contribution in [-0.2, 0) is 30.2 Å². The number of alkyl halides is 6. The van der Waals surface area contributed by atoms with Gasteiger partial charge in [-0.05, 0) is 53.1 Å². The third kappa shape index (κ3) is 5.11. The number of fused-ring (bicyclic) bond motifs is 1. The largest absolute Gasteiger partial charge is 0.467 e. The van der Waals surface area contributed by atoms with E-state index in [1.54, 1.807) is 30.3 Å². The second kappa shape index (κ2) is 8.83. The summed E-state index contributed by atoms with van der Waals surface area (Å²) in [5.41, 5.74) is -1.37. The van der Waals surface area contributed by atoms with Crippen molar-refractivity contribution in [3.05, 3.63) is 82.0 Å². The number of amides is 1. The molecule has 1 amide bonds. The van der Waals surface area contributed by atoms with Crippen LogP contribution in [0.25, 0.3) is 11.1 Å². The summed E-state index contributed by atoms with van der Waals surface area (Å²) >= 11 is 5.94. The molecule has 0 fully saturated rings. The van der Waals surface area contributed by atoms with Crippen molar-refractivity contribution in [3.8, 4) is 17.0 Å². The van der Waals surface area contributed by atoms with Gasteiger partial charge in [-0.1, -0.05) is 23.7 Å². The fraction of sp³-hybridized carbons (Fsp3) is 0.217. The van der Waals surface area contributed by atoms with Gasteiger partial charge in [-0.2, -0.15) is 26.3 Å². The van der Waals surface area contributed by atoms with E-state index in [1.807, 2.05) is 0 Å². The van der Waals surface area contributed by atoms with Crippen molar-refractivity contribution in [2.75, 3.05) is 6.61 Å². The molecule has 0 bridgehead atoms. The average molecular weight is 501 g/mol. The number of nitrogens with zero attached hydrogens (tertiary/aromatic N) is 2. The van der Waals surface area contributed by atoms with Crippen LogP contribution in [0.3, 0.4) is 0 Å². The van der Waals surface area contributed by atoms with Crippen molar-refractivity contribution in [2.24, 2.45) is 0 Å². The molecule has 0 N–H and O–H groups in total. The lowest BCUT2D eigenvalue weighted by atomic mass is 10.0. The van der Waals surface area contributed by atoms with Crippen molar-refractivity contribution in [1.82, 2.24) is 9.88 Å². The van der Waals surface area contributed by atoms with Crippen LogP contribution in [-0.4, -0.2) is 22.4 Å². The normalized spacial score (nSPS) is 14.4. The van der Waals surface area contributed by atoms with Gasteiger partial charge in [0.05, 0.1) is 17.7 Å². The highest BCUT2D eigenvalue weighted by Gasteiger charge is 2.37. The Morgan fingerprint density at radius 3 is 2.15 bits per heavy atom. The van der Waals surface area contributed by atoms with Crippen molar-refractivity contribution >= 4 is 17.5 Å². The van der Waals surface area contributed by atoms with Gasteiger partial charge >= 0.3 is 12.4 Å². The second-order valence-corrected chi connectivity index (χ2v) is 8.04. The Balaban J connectivity index is 1.72. The highest BCUT2D eigenvalue weighted by molar-refractivity contribution is 6.30. The average Bonchev–Trinajstić information content (AvgIpc) is 2.92. The van der Waals surface area contributed by atoms with Crippen molar-refractivity contribution in [1.29, 1.82) is 0 Å². The number of pyridine rings is 1. The number of benzene rings is 2. The molecule has 0 aliphatic carbocycles. The summed E-state index contributed by atoms with van der Waals surface area (Å²) in [6.45, 7) is -1.07. The first-order chi connectivity index (χ1) is 15.9. The molecule has 34 heavy (non-hydrogen) atoms. The van der Waals surface area contributed by atoms with Gasteiger partial charge in [0, 0.05) is 23.3 Å². The monoisotopic (exact) mass is 500 g/mol. The van der Waals surface area contributed by atoms with E-state index in [0.29, 0.717) is 28.3 Å². The Bertz CT molecular complexity index is 1190. The zero-order valence-electron chi connectivity index (χ0n) is 17.2. The van der Waals surface area contributed by atoms with E-state index in [2.05, 4.69) is 4.98 Å². The van der Waals surface area contributed by atoms with Gasteiger partial charge in [0.2, 0.25) is 5.88 Å². The molecule has 0 atom stereocenters. The molecular formula is C23H15ClF6N2O2. The van der Waals surface area contributed by atoms with Crippen LogP contribution >= 0.6 is 11.6 Å². The number of hydrogen-bond donors (Lipinski definition) is 0. The lowest BCUT2D eigenvalue weighted by molar-refractivity contribution is -0.143. The molecule has 3 aromatic rings. The first-order valence-electron chi connectivity index (χ1n) is 9.84. The van der Waals surface area contributed by atoms with Gasteiger partial charge in [0.1, 0.15) is 0 Å². The molecule has 4 rings (SSSR count). The molecule has 1 aliphatic rings. The summed E-state index contributed by atoms with van der Waals surface area (Å²) in [6.07, 6.45) is -8.49. The number of aromatic nitrogens is 1. The van der Waals surface area contributed by atoms with Crippen LogP contribution < -0.4 is 4.74 Å². The van der Waals surface area contributed by atoms with Crippen LogP contribution in [0.15, 0.2) is 54.7 Å². The summed E-state index contributed by atoms with van der Waals surface area (Å²) in [5, 5.41) is 0.502.